The van der Waals surface area contributed by atoms with E-state index in [2.05, 4.69) is 17.4 Å². The number of nitrogens with one attached hydrogen (secondary N) is 1. The van der Waals surface area contributed by atoms with Crippen molar-refractivity contribution in [3.63, 3.8) is 0 Å². The molecule has 3 aromatic rings. The molecule has 0 amide bonds. The molecule has 0 aliphatic rings. The van der Waals surface area contributed by atoms with Gasteiger partial charge in [0.25, 0.3) is 0 Å². The molecule has 3 rings (SSSR count). The first-order valence-electron chi connectivity index (χ1n) is 6.77. The number of hydrogen-bond acceptors (Lipinski definition) is 3. The van der Waals surface area contributed by atoms with Gasteiger partial charge in [0.05, 0.1) is 18.6 Å². The number of rotatable bonds is 6. The number of hydrogen-bond donors (Lipinski definition) is 1. The molecule has 0 radical (unpaired) electrons. The molecule has 1 atom stereocenters. The lowest BCUT2D eigenvalue weighted by atomic mass is 10.0. The van der Waals surface area contributed by atoms with Gasteiger partial charge < -0.3 is 14.2 Å². The van der Waals surface area contributed by atoms with Crippen LogP contribution in [0.3, 0.4) is 0 Å². The first-order chi connectivity index (χ1) is 9.93. The Labute approximate surface area is 118 Å². The van der Waals surface area contributed by atoms with Crippen LogP contribution in [0.5, 0.6) is 0 Å². The zero-order valence-corrected chi connectivity index (χ0v) is 11.2. The van der Waals surface area contributed by atoms with E-state index in [9.17, 15) is 0 Å². The molecule has 3 nitrogen and oxygen atoms in total. The van der Waals surface area contributed by atoms with Gasteiger partial charge in [0.2, 0.25) is 0 Å². The van der Waals surface area contributed by atoms with Crippen LogP contribution >= 0.6 is 0 Å². The van der Waals surface area contributed by atoms with E-state index in [1.54, 1.807) is 12.5 Å². The predicted octanol–water partition coefficient (Wildman–Crippen LogP) is 3.79. The first-order valence-corrected chi connectivity index (χ1v) is 6.77. The molecule has 20 heavy (non-hydrogen) atoms. The molecule has 0 spiro atoms. The Morgan fingerprint density at radius 3 is 2.35 bits per heavy atom. The summed E-state index contributed by atoms with van der Waals surface area (Å²) in [5.41, 5.74) is 1.20. The van der Waals surface area contributed by atoms with Crippen molar-refractivity contribution in [3.05, 3.63) is 84.2 Å². The Morgan fingerprint density at radius 1 is 0.850 bits per heavy atom. The van der Waals surface area contributed by atoms with Gasteiger partial charge in [-0.05, 0) is 29.8 Å². The smallest absolute Gasteiger partial charge is 0.125 e. The summed E-state index contributed by atoms with van der Waals surface area (Å²) in [7, 11) is 0. The SMILES string of the molecule is c1ccc(C(NCCc2ccco2)c2ccco2)cc1. The molecule has 102 valence electrons. The maximum Gasteiger partial charge on any atom is 0.125 e. The average Bonchev–Trinajstić information content (AvgIpc) is 3.18. The summed E-state index contributed by atoms with van der Waals surface area (Å²) in [5, 5.41) is 3.52. The molecule has 0 aliphatic heterocycles. The highest BCUT2D eigenvalue weighted by atomic mass is 16.3. The molecule has 1 unspecified atom stereocenters. The second-order valence-corrected chi connectivity index (χ2v) is 4.64. The molecule has 1 N–H and O–H groups in total. The maximum absolute atomic E-state index is 5.55. The van der Waals surface area contributed by atoms with Crippen LogP contribution in [-0.2, 0) is 6.42 Å². The van der Waals surface area contributed by atoms with Crippen LogP contribution in [0.1, 0.15) is 23.1 Å². The van der Waals surface area contributed by atoms with Crippen molar-refractivity contribution < 1.29 is 8.83 Å². The molecule has 0 fully saturated rings. The summed E-state index contributed by atoms with van der Waals surface area (Å²) >= 11 is 0. The Balaban J connectivity index is 1.70. The summed E-state index contributed by atoms with van der Waals surface area (Å²) in [6, 6.07) is 18.2. The molecule has 2 aromatic heterocycles. The van der Waals surface area contributed by atoms with E-state index in [4.69, 9.17) is 8.83 Å². The van der Waals surface area contributed by atoms with E-state index in [1.165, 1.54) is 5.56 Å². The maximum atomic E-state index is 5.55. The van der Waals surface area contributed by atoms with Crippen molar-refractivity contribution in [3.8, 4) is 0 Å². The zero-order valence-electron chi connectivity index (χ0n) is 11.2. The topological polar surface area (TPSA) is 38.3 Å². The van der Waals surface area contributed by atoms with Crippen molar-refractivity contribution in [1.82, 2.24) is 5.32 Å². The van der Waals surface area contributed by atoms with Crippen LogP contribution in [-0.4, -0.2) is 6.54 Å². The molecule has 3 heteroatoms. The molecule has 0 bridgehead atoms. The van der Waals surface area contributed by atoms with Crippen LogP contribution < -0.4 is 5.32 Å². The minimum Gasteiger partial charge on any atom is -0.469 e. The van der Waals surface area contributed by atoms with E-state index >= 15 is 0 Å². The van der Waals surface area contributed by atoms with Crippen LogP contribution in [0.2, 0.25) is 0 Å². The lowest BCUT2D eigenvalue weighted by Gasteiger charge is -2.16. The highest BCUT2D eigenvalue weighted by molar-refractivity contribution is 5.26. The number of benzene rings is 1. The fourth-order valence-corrected chi connectivity index (χ4v) is 2.28. The van der Waals surface area contributed by atoms with Crippen LogP contribution in [0, 0.1) is 0 Å². The highest BCUT2D eigenvalue weighted by Crippen LogP contribution is 2.22. The van der Waals surface area contributed by atoms with Crippen molar-refractivity contribution in [1.29, 1.82) is 0 Å². The lowest BCUT2D eigenvalue weighted by Crippen LogP contribution is -2.24. The second-order valence-electron chi connectivity index (χ2n) is 4.64. The Morgan fingerprint density at radius 2 is 1.65 bits per heavy atom. The fraction of sp³-hybridized carbons (Fsp3) is 0.176. The van der Waals surface area contributed by atoms with Gasteiger partial charge in [0.1, 0.15) is 11.5 Å². The van der Waals surface area contributed by atoms with Crippen molar-refractivity contribution in [2.45, 2.75) is 12.5 Å². The quantitative estimate of drug-likeness (QED) is 0.738. The van der Waals surface area contributed by atoms with Gasteiger partial charge in [0.15, 0.2) is 0 Å². The van der Waals surface area contributed by atoms with E-state index in [1.807, 2.05) is 42.5 Å². The molecule has 1 aromatic carbocycles. The average molecular weight is 267 g/mol. The van der Waals surface area contributed by atoms with Crippen LogP contribution in [0.15, 0.2) is 76.0 Å². The summed E-state index contributed by atoms with van der Waals surface area (Å²) in [6.45, 7) is 0.827. The monoisotopic (exact) mass is 267 g/mol. The molecule has 0 aliphatic carbocycles. The summed E-state index contributed by atoms with van der Waals surface area (Å²) in [5.74, 6) is 1.92. The van der Waals surface area contributed by atoms with Crippen molar-refractivity contribution in [2.24, 2.45) is 0 Å². The third kappa shape index (κ3) is 3.00. The lowest BCUT2D eigenvalue weighted by molar-refractivity contribution is 0.437. The minimum absolute atomic E-state index is 0.0705. The van der Waals surface area contributed by atoms with E-state index in [-0.39, 0.29) is 6.04 Å². The fourth-order valence-electron chi connectivity index (χ4n) is 2.28. The van der Waals surface area contributed by atoms with Crippen LogP contribution in [0.25, 0.3) is 0 Å². The van der Waals surface area contributed by atoms with E-state index in [0.717, 1.165) is 24.5 Å². The summed E-state index contributed by atoms with van der Waals surface area (Å²) < 4.78 is 10.9. The normalized spacial score (nSPS) is 12.4. The van der Waals surface area contributed by atoms with Gasteiger partial charge in [-0.3, -0.25) is 0 Å². The van der Waals surface area contributed by atoms with Gasteiger partial charge in [-0.25, -0.2) is 0 Å². The van der Waals surface area contributed by atoms with E-state index < -0.39 is 0 Å². The highest BCUT2D eigenvalue weighted by Gasteiger charge is 2.15. The second kappa shape index (κ2) is 6.26. The largest absolute Gasteiger partial charge is 0.469 e. The standard InChI is InChI=1S/C17H17NO2/c1-2-6-14(7-3-1)17(16-9-5-13-20-16)18-11-10-15-8-4-12-19-15/h1-9,12-13,17-18H,10-11H2. The van der Waals surface area contributed by atoms with Crippen LogP contribution in [0.4, 0.5) is 0 Å². The van der Waals surface area contributed by atoms with Crippen molar-refractivity contribution in [2.75, 3.05) is 6.54 Å². The Kier molecular flexibility index (Phi) is 3.99. The third-order valence-electron chi connectivity index (χ3n) is 3.26. The molecule has 2 heterocycles. The number of furan rings is 2. The molecule has 0 saturated carbocycles. The summed E-state index contributed by atoms with van der Waals surface area (Å²) in [6.07, 6.45) is 4.27. The van der Waals surface area contributed by atoms with E-state index in [0.29, 0.717) is 0 Å². The molecule has 0 saturated heterocycles. The zero-order chi connectivity index (χ0) is 13.6. The van der Waals surface area contributed by atoms with Gasteiger partial charge in [-0.2, -0.15) is 0 Å². The Hall–Kier alpha value is -2.26. The van der Waals surface area contributed by atoms with Gasteiger partial charge in [0, 0.05) is 13.0 Å². The first kappa shape index (κ1) is 12.8. The molecular formula is C17H17NO2. The van der Waals surface area contributed by atoms with Gasteiger partial charge >= 0.3 is 0 Å². The predicted molar refractivity (Wildman–Crippen MR) is 77.4 cm³/mol. The molecular weight excluding hydrogens is 250 g/mol. The summed E-state index contributed by atoms with van der Waals surface area (Å²) in [4.78, 5) is 0. The van der Waals surface area contributed by atoms with Gasteiger partial charge in [-0.1, -0.05) is 30.3 Å². The van der Waals surface area contributed by atoms with Crippen molar-refractivity contribution >= 4 is 0 Å². The van der Waals surface area contributed by atoms with Gasteiger partial charge in [-0.15, -0.1) is 0 Å². The minimum atomic E-state index is 0.0705. The Bertz CT molecular complexity index is 600. The third-order valence-corrected chi connectivity index (χ3v) is 3.26.